The van der Waals surface area contributed by atoms with Crippen LogP contribution >= 0.6 is 15.9 Å². The van der Waals surface area contributed by atoms with E-state index in [4.69, 9.17) is 4.98 Å². The maximum absolute atomic E-state index is 13.1. The third-order valence-electron chi connectivity index (χ3n) is 5.43. The molecule has 2 aliphatic rings. The van der Waals surface area contributed by atoms with Crippen LogP contribution in [-0.2, 0) is 6.42 Å². The first-order valence-electron chi connectivity index (χ1n) is 8.82. The highest BCUT2D eigenvalue weighted by atomic mass is 79.9. The van der Waals surface area contributed by atoms with Crippen molar-refractivity contribution < 1.29 is 0 Å². The topological polar surface area (TPSA) is 53.9 Å². The number of nitrogens with zero attached hydrogens (tertiary/aromatic N) is 3. The van der Waals surface area contributed by atoms with Crippen molar-refractivity contribution in [3.63, 3.8) is 0 Å². The fourth-order valence-electron chi connectivity index (χ4n) is 4.21. The molecule has 5 nitrogen and oxygen atoms in total. The van der Waals surface area contributed by atoms with Crippen molar-refractivity contribution in [2.75, 3.05) is 18.0 Å². The summed E-state index contributed by atoms with van der Waals surface area (Å²) in [6, 6.07) is 8.41. The van der Waals surface area contributed by atoms with Crippen molar-refractivity contribution in [3.05, 3.63) is 44.7 Å². The molecule has 2 aliphatic heterocycles. The highest BCUT2D eigenvalue weighted by Gasteiger charge is 2.30. The zero-order chi connectivity index (χ0) is 17.1. The number of aromatic nitrogens is 3. The molecule has 25 heavy (non-hydrogen) atoms. The van der Waals surface area contributed by atoms with Gasteiger partial charge < -0.3 is 9.88 Å². The van der Waals surface area contributed by atoms with Gasteiger partial charge in [-0.2, -0.15) is 0 Å². The molecule has 0 aliphatic carbocycles. The van der Waals surface area contributed by atoms with Crippen LogP contribution in [0.1, 0.15) is 31.4 Å². The van der Waals surface area contributed by atoms with Gasteiger partial charge in [-0.3, -0.25) is 9.36 Å². The predicted molar refractivity (Wildman–Crippen MR) is 103 cm³/mol. The van der Waals surface area contributed by atoms with Crippen LogP contribution in [-0.4, -0.2) is 27.6 Å². The van der Waals surface area contributed by atoms with Gasteiger partial charge in [0.05, 0.1) is 5.69 Å². The van der Waals surface area contributed by atoms with Gasteiger partial charge >= 0.3 is 0 Å². The lowest BCUT2D eigenvalue weighted by Crippen LogP contribution is -2.33. The molecule has 1 atom stereocenters. The molecule has 5 rings (SSSR count). The number of nitrogens with one attached hydrogen (secondary N) is 1. The number of aromatic amines is 1. The second kappa shape index (κ2) is 5.46. The quantitative estimate of drug-likeness (QED) is 0.676. The van der Waals surface area contributed by atoms with E-state index < -0.39 is 0 Å². The first-order chi connectivity index (χ1) is 12.1. The molecule has 6 heteroatoms. The van der Waals surface area contributed by atoms with Crippen LogP contribution in [0, 0.1) is 0 Å². The molecule has 1 saturated heterocycles. The number of benzene rings is 1. The molecule has 4 heterocycles. The second-order valence-corrected chi connectivity index (χ2v) is 7.81. The van der Waals surface area contributed by atoms with Crippen LogP contribution in [0.5, 0.6) is 0 Å². The van der Waals surface area contributed by atoms with E-state index in [0.29, 0.717) is 4.47 Å². The van der Waals surface area contributed by atoms with E-state index in [-0.39, 0.29) is 11.6 Å². The van der Waals surface area contributed by atoms with Crippen LogP contribution in [0.25, 0.3) is 22.4 Å². The Labute approximate surface area is 153 Å². The molecule has 1 aromatic carbocycles. The van der Waals surface area contributed by atoms with Gasteiger partial charge in [0.1, 0.15) is 4.47 Å². The summed E-state index contributed by atoms with van der Waals surface area (Å²) >= 11 is 3.52. The van der Waals surface area contributed by atoms with Crippen molar-refractivity contribution in [3.8, 4) is 11.5 Å². The Morgan fingerprint density at radius 1 is 1.24 bits per heavy atom. The third kappa shape index (κ3) is 2.13. The predicted octanol–water partition coefficient (Wildman–Crippen LogP) is 3.87. The normalized spacial score (nSPS) is 19.3. The number of hydrogen-bond donors (Lipinski definition) is 1. The van der Waals surface area contributed by atoms with E-state index in [2.05, 4.69) is 50.9 Å². The summed E-state index contributed by atoms with van der Waals surface area (Å²) in [7, 11) is 0. The van der Waals surface area contributed by atoms with Gasteiger partial charge in [0.2, 0.25) is 0 Å². The summed E-state index contributed by atoms with van der Waals surface area (Å²) < 4.78 is 2.42. The number of para-hydroxylation sites is 1. The third-order valence-corrected chi connectivity index (χ3v) is 6.12. The van der Waals surface area contributed by atoms with Gasteiger partial charge in [-0.05, 0) is 53.7 Å². The molecule has 0 spiro atoms. The SMILES string of the molecule is CC1Cc2c([nH]c3ccccc23)-c2nc(N3CCCC3)c(Br)c(=O)n21. The molecule has 0 amide bonds. The number of hydrogen-bond acceptors (Lipinski definition) is 3. The summed E-state index contributed by atoms with van der Waals surface area (Å²) in [6.07, 6.45) is 3.14. The van der Waals surface area contributed by atoms with Gasteiger partial charge in [-0.1, -0.05) is 18.2 Å². The van der Waals surface area contributed by atoms with Crippen molar-refractivity contribution >= 4 is 32.7 Å². The first kappa shape index (κ1) is 15.2. The Balaban J connectivity index is 1.81. The molecule has 128 valence electrons. The van der Waals surface area contributed by atoms with E-state index >= 15 is 0 Å². The summed E-state index contributed by atoms with van der Waals surface area (Å²) in [5.41, 5.74) is 3.38. The number of H-pyrrole nitrogens is 1. The zero-order valence-corrected chi connectivity index (χ0v) is 15.6. The minimum Gasteiger partial charge on any atom is -0.355 e. The van der Waals surface area contributed by atoms with Crippen LogP contribution in [0.15, 0.2) is 33.5 Å². The standard InChI is InChI=1S/C19H19BrN4O/c1-11-10-13-12-6-2-3-7-14(12)21-16(13)18-22-17(23-8-4-5-9-23)15(20)19(25)24(11)18/h2-3,6-7,11,21H,4-5,8-10H2,1H3. The van der Waals surface area contributed by atoms with E-state index in [1.807, 2.05) is 10.6 Å². The zero-order valence-electron chi connectivity index (χ0n) is 14.1. The first-order valence-corrected chi connectivity index (χ1v) is 9.61. The van der Waals surface area contributed by atoms with Crippen LogP contribution in [0.4, 0.5) is 5.82 Å². The van der Waals surface area contributed by atoms with Crippen LogP contribution in [0.3, 0.4) is 0 Å². The van der Waals surface area contributed by atoms with Gasteiger partial charge in [0.15, 0.2) is 11.6 Å². The van der Waals surface area contributed by atoms with Gasteiger partial charge in [-0.15, -0.1) is 0 Å². The average molecular weight is 399 g/mol. The van der Waals surface area contributed by atoms with Crippen LogP contribution in [0.2, 0.25) is 0 Å². The van der Waals surface area contributed by atoms with E-state index in [1.54, 1.807) is 0 Å². The van der Waals surface area contributed by atoms with Gasteiger partial charge in [-0.25, -0.2) is 4.98 Å². The number of anilines is 1. The van der Waals surface area contributed by atoms with Crippen molar-refractivity contribution in [1.29, 1.82) is 0 Å². The molecule has 3 aromatic rings. The minimum atomic E-state index is 0.0173. The average Bonchev–Trinajstić information content (AvgIpc) is 3.25. The lowest BCUT2D eigenvalue weighted by Gasteiger charge is -2.27. The largest absolute Gasteiger partial charge is 0.355 e. The Morgan fingerprint density at radius 2 is 2.00 bits per heavy atom. The Kier molecular flexibility index (Phi) is 3.32. The summed E-state index contributed by atoms with van der Waals surface area (Å²) in [5.74, 6) is 1.55. The molecule has 1 N–H and O–H groups in total. The Bertz CT molecular complexity index is 1050. The second-order valence-electron chi connectivity index (χ2n) is 7.02. The summed E-state index contributed by atoms with van der Waals surface area (Å²) in [4.78, 5) is 23.7. The monoisotopic (exact) mass is 398 g/mol. The van der Waals surface area contributed by atoms with E-state index in [0.717, 1.165) is 55.2 Å². The summed E-state index contributed by atoms with van der Waals surface area (Å²) in [5, 5.41) is 1.23. The lowest BCUT2D eigenvalue weighted by atomic mass is 9.99. The maximum atomic E-state index is 13.1. The van der Waals surface area contributed by atoms with Crippen molar-refractivity contribution in [1.82, 2.24) is 14.5 Å². The minimum absolute atomic E-state index is 0.0173. The Morgan fingerprint density at radius 3 is 2.80 bits per heavy atom. The smallest absolute Gasteiger partial charge is 0.270 e. The lowest BCUT2D eigenvalue weighted by molar-refractivity contribution is 0.511. The van der Waals surface area contributed by atoms with Crippen LogP contribution < -0.4 is 10.5 Å². The van der Waals surface area contributed by atoms with Crippen molar-refractivity contribution in [2.45, 2.75) is 32.2 Å². The molecule has 0 saturated carbocycles. The van der Waals surface area contributed by atoms with Gasteiger partial charge in [0.25, 0.3) is 5.56 Å². The summed E-state index contributed by atoms with van der Waals surface area (Å²) in [6.45, 7) is 4.02. The molecule has 0 radical (unpaired) electrons. The fourth-order valence-corrected chi connectivity index (χ4v) is 4.74. The number of fused-ring (bicyclic) bond motifs is 5. The highest BCUT2D eigenvalue weighted by Crippen LogP contribution is 2.38. The molecule has 1 unspecified atom stereocenters. The van der Waals surface area contributed by atoms with E-state index in [1.165, 1.54) is 10.9 Å². The maximum Gasteiger partial charge on any atom is 0.270 e. The molecule has 2 aromatic heterocycles. The molecular weight excluding hydrogens is 380 g/mol. The Hall–Kier alpha value is -2.08. The molecular formula is C19H19BrN4O. The van der Waals surface area contributed by atoms with Gasteiger partial charge in [0, 0.05) is 30.0 Å². The number of halogens is 1. The van der Waals surface area contributed by atoms with E-state index in [9.17, 15) is 4.79 Å². The fraction of sp³-hybridized carbons (Fsp3) is 0.368. The van der Waals surface area contributed by atoms with Crippen molar-refractivity contribution in [2.24, 2.45) is 0 Å². The molecule has 0 bridgehead atoms. The number of rotatable bonds is 1. The molecule has 1 fully saturated rings. The highest BCUT2D eigenvalue weighted by molar-refractivity contribution is 9.10.